The standard InChI is InChI=1S/C18H21FN2O2/c19-16-6-2-1-5-15(16)17(13-7-10-23-11-8-13)21-12-14-4-3-9-20-18(14)22/h1-6,9,13,17,21H,7-8,10-12H2,(H,20,22). The van der Waals surface area contributed by atoms with Crippen molar-refractivity contribution in [1.29, 1.82) is 0 Å². The molecular weight excluding hydrogens is 295 g/mol. The van der Waals surface area contributed by atoms with E-state index in [9.17, 15) is 9.18 Å². The predicted octanol–water partition coefficient (Wildman–Crippen LogP) is 2.77. The van der Waals surface area contributed by atoms with E-state index in [-0.39, 0.29) is 17.4 Å². The number of ether oxygens (including phenoxy) is 1. The van der Waals surface area contributed by atoms with Crippen molar-refractivity contribution in [2.24, 2.45) is 5.92 Å². The van der Waals surface area contributed by atoms with Crippen molar-refractivity contribution in [3.8, 4) is 0 Å². The predicted molar refractivity (Wildman–Crippen MR) is 86.6 cm³/mol. The monoisotopic (exact) mass is 316 g/mol. The van der Waals surface area contributed by atoms with Gasteiger partial charge in [-0.3, -0.25) is 4.79 Å². The average Bonchev–Trinajstić information content (AvgIpc) is 2.59. The summed E-state index contributed by atoms with van der Waals surface area (Å²) in [6.07, 6.45) is 3.38. The minimum Gasteiger partial charge on any atom is -0.381 e. The van der Waals surface area contributed by atoms with Crippen molar-refractivity contribution in [2.45, 2.75) is 25.4 Å². The van der Waals surface area contributed by atoms with Crippen LogP contribution in [0.4, 0.5) is 4.39 Å². The minimum absolute atomic E-state index is 0.112. The Bertz CT molecular complexity index is 695. The molecule has 2 N–H and O–H groups in total. The molecule has 2 aromatic rings. The summed E-state index contributed by atoms with van der Waals surface area (Å²) in [6, 6.07) is 10.3. The number of H-pyrrole nitrogens is 1. The van der Waals surface area contributed by atoms with Gasteiger partial charge < -0.3 is 15.0 Å². The Morgan fingerprint density at radius 2 is 2.00 bits per heavy atom. The Labute approximate surface area is 134 Å². The van der Waals surface area contributed by atoms with E-state index in [1.54, 1.807) is 24.4 Å². The summed E-state index contributed by atoms with van der Waals surface area (Å²) < 4.78 is 19.7. The Hall–Kier alpha value is -1.98. The van der Waals surface area contributed by atoms with Gasteiger partial charge in [-0.2, -0.15) is 0 Å². The highest BCUT2D eigenvalue weighted by atomic mass is 19.1. The number of aromatic nitrogens is 1. The number of aromatic amines is 1. The molecule has 0 spiro atoms. The van der Waals surface area contributed by atoms with E-state index >= 15 is 0 Å². The Balaban J connectivity index is 1.82. The zero-order valence-electron chi connectivity index (χ0n) is 12.9. The topological polar surface area (TPSA) is 54.1 Å². The van der Waals surface area contributed by atoms with Crippen LogP contribution >= 0.6 is 0 Å². The lowest BCUT2D eigenvalue weighted by Gasteiger charge is -2.31. The van der Waals surface area contributed by atoms with Gasteiger partial charge >= 0.3 is 0 Å². The summed E-state index contributed by atoms with van der Waals surface area (Å²) in [4.78, 5) is 14.5. The van der Waals surface area contributed by atoms with E-state index in [0.29, 0.717) is 36.8 Å². The molecular formula is C18H21FN2O2. The van der Waals surface area contributed by atoms with Crippen molar-refractivity contribution >= 4 is 0 Å². The molecule has 4 nitrogen and oxygen atoms in total. The molecule has 1 aliphatic rings. The summed E-state index contributed by atoms with van der Waals surface area (Å²) in [5, 5.41) is 3.39. The van der Waals surface area contributed by atoms with Gasteiger partial charge in [0.05, 0.1) is 0 Å². The first kappa shape index (κ1) is 15.9. The van der Waals surface area contributed by atoms with Gasteiger partial charge in [0.15, 0.2) is 0 Å². The van der Waals surface area contributed by atoms with Crippen LogP contribution in [0.1, 0.15) is 30.0 Å². The summed E-state index contributed by atoms with van der Waals surface area (Å²) in [7, 11) is 0. The average molecular weight is 316 g/mol. The van der Waals surface area contributed by atoms with E-state index in [4.69, 9.17) is 4.74 Å². The first-order valence-corrected chi connectivity index (χ1v) is 7.98. The third kappa shape index (κ3) is 3.86. The van der Waals surface area contributed by atoms with Crippen LogP contribution in [0, 0.1) is 11.7 Å². The highest BCUT2D eigenvalue weighted by Gasteiger charge is 2.27. The van der Waals surface area contributed by atoms with E-state index in [0.717, 1.165) is 12.8 Å². The maximum Gasteiger partial charge on any atom is 0.252 e. The summed E-state index contributed by atoms with van der Waals surface area (Å²) in [6.45, 7) is 1.80. The fourth-order valence-electron chi connectivity index (χ4n) is 3.12. The number of pyridine rings is 1. The number of benzene rings is 1. The number of halogens is 1. The molecule has 1 unspecified atom stereocenters. The van der Waals surface area contributed by atoms with Crippen molar-refractivity contribution in [1.82, 2.24) is 10.3 Å². The van der Waals surface area contributed by atoms with Crippen LogP contribution in [0.2, 0.25) is 0 Å². The molecule has 0 aliphatic carbocycles. The lowest BCUT2D eigenvalue weighted by atomic mass is 9.86. The molecule has 5 heteroatoms. The van der Waals surface area contributed by atoms with Crippen LogP contribution in [-0.4, -0.2) is 18.2 Å². The number of nitrogens with one attached hydrogen (secondary N) is 2. The molecule has 122 valence electrons. The second-order valence-electron chi connectivity index (χ2n) is 5.85. The van der Waals surface area contributed by atoms with Crippen LogP contribution in [0.3, 0.4) is 0 Å². The largest absolute Gasteiger partial charge is 0.381 e. The van der Waals surface area contributed by atoms with Gasteiger partial charge in [0.25, 0.3) is 5.56 Å². The Morgan fingerprint density at radius 1 is 1.22 bits per heavy atom. The highest BCUT2D eigenvalue weighted by molar-refractivity contribution is 5.22. The first-order valence-electron chi connectivity index (χ1n) is 7.98. The SMILES string of the molecule is O=c1[nH]cccc1CNC(c1ccccc1F)C1CCOCC1. The van der Waals surface area contributed by atoms with E-state index < -0.39 is 0 Å². The molecule has 0 bridgehead atoms. The molecule has 0 radical (unpaired) electrons. The van der Waals surface area contributed by atoms with Gasteiger partial charge in [-0.25, -0.2) is 4.39 Å². The third-order valence-electron chi connectivity index (χ3n) is 4.39. The summed E-state index contributed by atoms with van der Waals surface area (Å²) in [5.41, 5.74) is 1.20. The molecule has 1 saturated heterocycles. The lowest BCUT2D eigenvalue weighted by molar-refractivity contribution is 0.0528. The molecule has 3 rings (SSSR count). The maximum absolute atomic E-state index is 14.3. The molecule has 0 amide bonds. The Morgan fingerprint density at radius 3 is 2.74 bits per heavy atom. The second kappa shape index (κ2) is 7.53. The van der Waals surface area contributed by atoms with Gasteiger partial charge in [0.2, 0.25) is 0 Å². The van der Waals surface area contributed by atoms with Gasteiger partial charge in [-0.15, -0.1) is 0 Å². The number of rotatable bonds is 5. The smallest absolute Gasteiger partial charge is 0.252 e. The molecule has 1 aromatic carbocycles. The van der Waals surface area contributed by atoms with E-state index in [1.165, 1.54) is 6.07 Å². The summed E-state index contributed by atoms with van der Waals surface area (Å²) >= 11 is 0. The van der Waals surface area contributed by atoms with Gasteiger partial charge in [-0.05, 0) is 30.9 Å². The minimum atomic E-state index is -0.210. The second-order valence-corrected chi connectivity index (χ2v) is 5.85. The van der Waals surface area contributed by atoms with Gasteiger partial charge in [0.1, 0.15) is 5.82 Å². The third-order valence-corrected chi connectivity index (χ3v) is 4.39. The highest BCUT2D eigenvalue weighted by Crippen LogP contribution is 2.31. The molecule has 1 fully saturated rings. The van der Waals surface area contributed by atoms with Crippen LogP contribution in [0.25, 0.3) is 0 Å². The quantitative estimate of drug-likeness (QED) is 0.892. The van der Waals surface area contributed by atoms with Gasteiger partial charge in [0, 0.05) is 43.1 Å². The fraction of sp³-hybridized carbons (Fsp3) is 0.389. The zero-order chi connectivity index (χ0) is 16.1. The van der Waals surface area contributed by atoms with Gasteiger partial charge in [-0.1, -0.05) is 24.3 Å². The van der Waals surface area contributed by atoms with Crippen LogP contribution in [0.5, 0.6) is 0 Å². The molecule has 1 aliphatic heterocycles. The lowest BCUT2D eigenvalue weighted by Crippen LogP contribution is -2.33. The van der Waals surface area contributed by atoms with E-state index in [2.05, 4.69) is 10.3 Å². The number of hydrogen-bond acceptors (Lipinski definition) is 3. The van der Waals surface area contributed by atoms with Crippen molar-refractivity contribution in [3.63, 3.8) is 0 Å². The van der Waals surface area contributed by atoms with Crippen molar-refractivity contribution < 1.29 is 9.13 Å². The molecule has 23 heavy (non-hydrogen) atoms. The number of hydrogen-bond donors (Lipinski definition) is 2. The fourth-order valence-corrected chi connectivity index (χ4v) is 3.12. The summed E-state index contributed by atoms with van der Waals surface area (Å²) in [5.74, 6) is 0.0851. The maximum atomic E-state index is 14.3. The zero-order valence-corrected chi connectivity index (χ0v) is 12.9. The Kier molecular flexibility index (Phi) is 5.20. The van der Waals surface area contributed by atoms with Crippen LogP contribution in [0.15, 0.2) is 47.4 Å². The van der Waals surface area contributed by atoms with Crippen molar-refractivity contribution in [3.05, 3.63) is 69.9 Å². The van der Waals surface area contributed by atoms with Crippen molar-refractivity contribution in [2.75, 3.05) is 13.2 Å². The molecule has 0 saturated carbocycles. The molecule has 2 heterocycles. The first-order chi connectivity index (χ1) is 11.3. The molecule has 1 aromatic heterocycles. The van der Waals surface area contributed by atoms with Crippen LogP contribution in [-0.2, 0) is 11.3 Å². The van der Waals surface area contributed by atoms with Crippen LogP contribution < -0.4 is 10.9 Å². The van der Waals surface area contributed by atoms with E-state index in [1.807, 2.05) is 12.1 Å². The molecule has 1 atom stereocenters. The normalized spacial score (nSPS) is 17.1.